The van der Waals surface area contributed by atoms with Crippen LogP contribution in [0.1, 0.15) is 47.2 Å². The molecule has 3 aromatic carbocycles. The van der Waals surface area contributed by atoms with Gasteiger partial charge in [-0.25, -0.2) is 4.79 Å². The van der Waals surface area contributed by atoms with Gasteiger partial charge in [-0.3, -0.25) is 4.90 Å². The summed E-state index contributed by atoms with van der Waals surface area (Å²) < 4.78 is 97.6. The van der Waals surface area contributed by atoms with Crippen LogP contribution in [0.5, 0.6) is 11.5 Å². The Balaban J connectivity index is 1.80. The van der Waals surface area contributed by atoms with Gasteiger partial charge in [-0.05, 0) is 55.2 Å². The molecule has 6 nitrogen and oxygen atoms in total. The summed E-state index contributed by atoms with van der Waals surface area (Å²) in [6, 6.07) is 13.6. The van der Waals surface area contributed by atoms with E-state index < -0.39 is 42.2 Å². The van der Waals surface area contributed by atoms with Gasteiger partial charge in [0, 0.05) is 36.4 Å². The molecule has 0 fully saturated rings. The first-order valence-electron chi connectivity index (χ1n) is 13.5. The van der Waals surface area contributed by atoms with Gasteiger partial charge in [-0.15, -0.1) is 0 Å². The second-order valence-corrected chi connectivity index (χ2v) is 10.3. The van der Waals surface area contributed by atoms with Crippen LogP contribution >= 0.6 is 0 Å². The maximum atomic E-state index is 13.6. The average molecular weight is 611 g/mol. The lowest BCUT2D eigenvalue weighted by atomic mass is 9.89. The smallest absolute Gasteiger partial charge is 0.416 e. The Hall–Kier alpha value is -4.09. The first-order chi connectivity index (χ1) is 20.3. The maximum Gasteiger partial charge on any atom is 0.416 e. The highest BCUT2D eigenvalue weighted by Crippen LogP contribution is 2.46. The minimum Gasteiger partial charge on any atom is -0.493 e. The molecule has 4 rings (SSSR count). The summed E-state index contributed by atoms with van der Waals surface area (Å²) in [5, 5.41) is 0. The number of fused-ring (bicyclic) bond motifs is 1. The van der Waals surface area contributed by atoms with E-state index >= 15 is 0 Å². The van der Waals surface area contributed by atoms with E-state index in [-0.39, 0.29) is 17.7 Å². The van der Waals surface area contributed by atoms with Gasteiger partial charge >= 0.3 is 18.4 Å². The molecule has 1 aliphatic rings. The number of rotatable bonds is 8. The molecule has 12 heteroatoms. The van der Waals surface area contributed by atoms with Crippen molar-refractivity contribution in [1.82, 2.24) is 4.90 Å². The van der Waals surface area contributed by atoms with Crippen molar-refractivity contribution in [3.05, 3.63) is 88.5 Å². The van der Waals surface area contributed by atoms with Crippen molar-refractivity contribution in [2.45, 2.75) is 50.7 Å². The molecule has 1 aliphatic heterocycles. The molecule has 0 aromatic heterocycles. The predicted molar refractivity (Wildman–Crippen MR) is 148 cm³/mol. The summed E-state index contributed by atoms with van der Waals surface area (Å²) in [4.78, 5) is 16.5. The molecular weight excluding hydrogens is 578 g/mol. The van der Waals surface area contributed by atoms with Crippen molar-refractivity contribution in [3.8, 4) is 11.5 Å². The average Bonchev–Trinajstić information content (AvgIpc) is 2.97. The van der Waals surface area contributed by atoms with E-state index in [2.05, 4.69) is 4.90 Å². The summed E-state index contributed by atoms with van der Waals surface area (Å²) in [7, 11) is 4.03. The number of hydrogen-bond acceptors (Lipinski definition) is 5. The van der Waals surface area contributed by atoms with Crippen LogP contribution in [-0.2, 0) is 30.1 Å². The minimum atomic E-state index is -5.03. The zero-order chi connectivity index (χ0) is 31.5. The summed E-state index contributed by atoms with van der Waals surface area (Å²) in [6.45, 7) is 1.98. The number of alkyl halides is 6. The van der Waals surface area contributed by atoms with Gasteiger partial charge in [0.2, 0.25) is 0 Å². The van der Waals surface area contributed by atoms with Gasteiger partial charge < -0.3 is 19.1 Å². The fourth-order valence-corrected chi connectivity index (χ4v) is 5.47. The van der Waals surface area contributed by atoms with Gasteiger partial charge in [0.25, 0.3) is 0 Å². The van der Waals surface area contributed by atoms with E-state index in [1.54, 1.807) is 12.1 Å². The van der Waals surface area contributed by atoms with Crippen molar-refractivity contribution < 1.29 is 45.3 Å². The first kappa shape index (κ1) is 31.8. The fourth-order valence-electron chi connectivity index (χ4n) is 5.47. The highest BCUT2D eigenvalue weighted by Gasteiger charge is 2.40. The molecule has 232 valence electrons. The van der Waals surface area contributed by atoms with E-state index in [0.717, 1.165) is 17.6 Å². The number of amides is 1. The quantitative estimate of drug-likeness (QED) is 0.243. The Kier molecular flexibility index (Phi) is 9.36. The number of ether oxygens (including phenoxy) is 3. The van der Waals surface area contributed by atoms with Crippen LogP contribution in [0.3, 0.4) is 0 Å². The predicted octanol–water partition coefficient (Wildman–Crippen LogP) is 7.89. The number of benzene rings is 3. The van der Waals surface area contributed by atoms with E-state index in [1.165, 1.54) is 14.2 Å². The normalized spacial score (nSPS) is 16.8. The summed E-state index contributed by atoms with van der Waals surface area (Å²) in [6.07, 6.45) is -9.93. The molecule has 0 bridgehead atoms. The SMILES string of the molecule is COC(=O)N(Cc1cc(C(F)(F)F)cc(C(F)(F)F)c1)[C@H]1C[C@@H](C)N(CCc2ccccc2)c2cc(OC)c(OC)cc21. The molecule has 0 saturated heterocycles. The van der Waals surface area contributed by atoms with Crippen LogP contribution in [0.2, 0.25) is 0 Å². The van der Waals surface area contributed by atoms with Crippen molar-refractivity contribution in [1.29, 1.82) is 0 Å². The second-order valence-electron chi connectivity index (χ2n) is 10.3. The molecule has 0 radical (unpaired) electrons. The zero-order valence-corrected chi connectivity index (χ0v) is 24.1. The third-order valence-corrected chi connectivity index (χ3v) is 7.57. The molecule has 0 aliphatic carbocycles. The molecule has 1 heterocycles. The Morgan fingerprint density at radius 1 is 0.860 bits per heavy atom. The second kappa shape index (κ2) is 12.6. The Bertz CT molecular complexity index is 1400. The Morgan fingerprint density at radius 3 is 1.98 bits per heavy atom. The van der Waals surface area contributed by atoms with E-state index in [4.69, 9.17) is 14.2 Å². The minimum absolute atomic E-state index is 0.0612. The molecular formula is C31H32F6N2O4. The highest BCUT2D eigenvalue weighted by molar-refractivity contribution is 5.71. The largest absolute Gasteiger partial charge is 0.493 e. The van der Waals surface area contributed by atoms with Crippen LogP contribution < -0.4 is 14.4 Å². The molecule has 2 atom stereocenters. The van der Waals surface area contributed by atoms with Gasteiger partial charge in [0.15, 0.2) is 11.5 Å². The van der Waals surface area contributed by atoms with Crippen molar-refractivity contribution in [2.75, 3.05) is 32.8 Å². The van der Waals surface area contributed by atoms with Gasteiger partial charge in [0.1, 0.15) is 0 Å². The number of carbonyl (C=O) groups is 1. The third-order valence-electron chi connectivity index (χ3n) is 7.57. The van der Waals surface area contributed by atoms with E-state index in [1.807, 2.05) is 37.3 Å². The van der Waals surface area contributed by atoms with Gasteiger partial charge in [0.05, 0.1) is 38.5 Å². The Morgan fingerprint density at radius 2 is 1.44 bits per heavy atom. The fraction of sp³-hybridized carbons (Fsp3) is 0.387. The number of halogens is 6. The van der Waals surface area contributed by atoms with Crippen LogP contribution in [0.25, 0.3) is 0 Å². The van der Waals surface area contributed by atoms with Crippen molar-refractivity contribution >= 4 is 11.8 Å². The molecule has 3 aromatic rings. The van der Waals surface area contributed by atoms with E-state index in [0.29, 0.717) is 54.3 Å². The first-order valence-corrected chi connectivity index (χ1v) is 13.5. The number of nitrogens with zero attached hydrogens (tertiary/aromatic N) is 2. The van der Waals surface area contributed by atoms with E-state index in [9.17, 15) is 31.1 Å². The Labute approximate surface area is 245 Å². The number of methoxy groups -OCH3 is 3. The van der Waals surface area contributed by atoms with Gasteiger partial charge in [-0.2, -0.15) is 26.3 Å². The molecule has 0 spiro atoms. The summed E-state index contributed by atoms with van der Waals surface area (Å²) in [5.41, 5.74) is -0.853. The number of hydrogen-bond donors (Lipinski definition) is 0. The maximum absolute atomic E-state index is 13.6. The lowest BCUT2D eigenvalue weighted by Crippen LogP contribution is -2.45. The van der Waals surface area contributed by atoms with Crippen LogP contribution in [-0.4, -0.2) is 44.9 Å². The number of carbonyl (C=O) groups excluding carboxylic acids is 1. The van der Waals surface area contributed by atoms with Crippen LogP contribution in [0, 0.1) is 0 Å². The monoisotopic (exact) mass is 610 g/mol. The summed E-state index contributed by atoms with van der Waals surface area (Å²) >= 11 is 0. The molecule has 0 unspecified atom stereocenters. The van der Waals surface area contributed by atoms with Gasteiger partial charge in [-0.1, -0.05) is 30.3 Å². The van der Waals surface area contributed by atoms with Crippen LogP contribution in [0.15, 0.2) is 60.7 Å². The lowest BCUT2D eigenvalue weighted by molar-refractivity contribution is -0.143. The topological polar surface area (TPSA) is 51.2 Å². The molecule has 0 N–H and O–H groups in total. The molecule has 1 amide bonds. The van der Waals surface area contributed by atoms with Crippen molar-refractivity contribution in [3.63, 3.8) is 0 Å². The molecule has 0 saturated carbocycles. The molecule has 43 heavy (non-hydrogen) atoms. The lowest BCUT2D eigenvalue weighted by Gasteiger charge is -2.44. The van der Waals surface area contributed by atoms with Crippen molar-refractivity contribution in [2.24, 2.45) is 0 Å². The number of anilines is 1. The standard InChI is InChI=1S/C31H32F6N2O4/c1-19-12-25(39(29(40)43-4)18-21-13-22(30(32,33)34)15-23(14-21)31(35,36)37)24-16-27(41-2)28(42-3)17-26(24)38(19)11-10-20-8-6-5-7-9-20/h5-9,13-17,19,25H,10-12,18H2,1-4H3/t19-,25+/m1/s1. The zero-order valence-electron chi connectivity index (χ0n) is 24.1. The third kappa shape index (κ3) is 7.11. The summed E-state index contributed by atoms with van der Waals surface area (Å²) in [5.74, 6) is 0.781. The highest BCUT2D eigenvalue weighted by atomic mass is 19.4. The van der Waals surface area contributed by atoms with Crippen LogP contribution in [0.4, 0.5) is 36.8 Å².